The van der Waals surface area contributed by atoms with Crippen LogP contribution in [0.3, 0.4) is 0 Å². The molecule has 0 bridgehead atoms. The maximum Gasteiger partial charge on any atom is 0.255 e. The highest BCUT2D eigenvalue weighted by Gasteiger charge is 2.39. The Morgan fingerprint density at radius 1 is 1.22 bits per heavy atom. The molecule has 3 amide bonds. The topological polar surface area (TPSA) is 87.7 Å². The number of rotatable bonds is 5. The first-order valence-corrected chi connectivity index (χ1v) is 9.74. The molecule has 4 rings (SSSR count). The van der Waals surface area contributed by atoms with Gasteiger partial charge < -0.3 is 15.0 Å². The van der Waals surface area contributed by atoms with E-state index in [2.05, 4.69) is 17.6 Å². The fourth-order valence-electron chi connectivity index (χ4n) is 4.36. The highest BCUT2D eigenvalue weighted by atomic mass is 16.5. The van der Waals surface area contributed by atoms with Gasteiger partial charge in [-0.3, -0.25) is 19.7 Å². The third-order valence-electron chi connectivity index (χ3n) is 5.70. The van der Waals surface area contributed by atoms with E-state index in [1.54, 1.807) is 11.0 Å². The molecule has 3 atom stereocenters. The number of likely N-dealkylation sites (N-methyl/N-ethyl adjacent to an activating group) is 1. The molecule has 2 heterocycles. The van der Waals surface area contributed by atoms with Crippen LogP contribution >= 0.6 is 0 Å². The molecule has 144 valence electrons. The Morgan fingerprint density at radius 2 is 2.07 bits per heavy atom. The molecule has 7 heteroatoms. The first-order chi connectivity index (χ1) is 13.1. The monoisotopic (exact) mass is 371 g/mol. The number of benzene rings is 1. The Kier molecular flexibility index (Phi) is 4.86. The predicted molar refractivity (Wildman–Crippen MR) is 98.2 cm³/mol. The molecule has 2 fully saturated rings. The third-order valence-corrected chi connectivity index (χ3v) is 5.70. The lowest BCUT2D eigenvalue weighted by Gasteiger charge is -2.29. The van der Waals surface area contributed by atoms with Crippen LogP contribution in [0.4, 0.5) is 0 Å². The van der Waals surface area contributed by atoms with Crippen LogP contribution in [0, 0.1) is 0 Å². The fraction of sp³-hybridized carbons (Fsp3) is 0.550. The molecule has 0 spiro atoms. The second kappa shape index (κ2) is 7.31. The molecule has 1 aliphatic carbocycles. The van der Waals surface area contributed by atoms with Crippen LogP contribution in [-0.2, 0) is 16.1 Å². The Labute approximate surface area is 158 Å². The molecule has 7 nitrogen and oxygen atoms in total. The summed E-state index contributed by atoms with van der Waals surface area (Å²) in [4.78, 5) is 37.8. The maximum atomic E-state index is 12.7. The molecule has 2 N–H and O–H groups in total. The zero-order valence-corrected chi connectivity index (χ0v) is 15.5. The molecular weight excluding hydrogens is 346 g/mol. The lowest BCUT2D eigenvalue weighted by Crippen LogP contribution is -2.52. The molecule has 2 aliphatic heterocycles. The molecule has 0 aromatic heterocycles. The average Bonchev–Trinajstić information content (AvgIpc) is 3.20. The van der Waals surface area contributed by atoms with Gasteiger partial charge in [-0.2, -0.15) is 0 Å². The fourth-order valence-corrected chi connectivity index (χ4v) is 4.36. The number of carbonyl (C=O) groups is 3. The van der Waals surface area contributed by atoms with Gasteiger partial charge in [-0.15, -0.1) is 0 Å². The van der Waals surface area contributed by atoms with Crippen LogP contribution < -0.4 is 15.4 Å². The minimum Gasteiger partial charge on any atom is -0.489 e. The first-order valence-electron chi connectivity index (χ1n) is 9.74. The molecule has 1 aromatic rings. The normalized spacial score (nSPS) is 27.7. The van der Waals surface area contributed by atoms with Gasteiger partial charge in [0.15, 0.2) is 0 Å². The van der Waals surface area contributed by atoms with E-state index in [9.17, 15) is 14.4 Å². The standard InChI is InChI=1S/C20H25N3O4/c1-2-21-15-4-3-5-17(15)27-13-6-7-14-12(10-13)11-23(20(14)26)16-8-9-18(24)22-19(16)25/h6-7,10,15-17,21H,2-5,8-9,11H2,1H3,(H,22,24,25)/t15-,16?,17+/m0/s1. The van der Waals surface area contributed by atoms with Crippen molar-refractivity contribution in [3.05, 3.63) is 29.3 Å². The predicted octanol–water partition coefficient (Wildman–Crippen LogP) is 1.36. The Balaban J connectivity index is 1.48. The summed E-state index contributed by atoms with van der Waals surface area (Å²) in [6.07, 6.45) is 4.07. The van der Waals surface area contributed by atoms with E-state index >= 15 is 0 Å². The van der Waals surface area contributed by atoms with Gasteiger partial charge in [0.2, 0.25) is 11.8 Å². The van der Waals surface area contributed by atoms with Crippen molar-refractivity contribution in [2.45, 2.75) is 63.8 Å². The number of nitrogens with one attached hydrogen (secondary N) is 2. The average molecular weight is 371 g/mol. The smallest absolute Gasteiger partial charge is 0.255 e. The van der Waals surface area contributed by atoms with E-state index < -0.39 is 6.04 Å². The summed E-state index contributed by atoms with van der Waals surface area (Å²) >= 11 is 0. The van der Waals surface area contributed by atoms with Crippen LogP contribution in [0.1, 0.15) is 54.9 Å². The van der Waals surface area contributed by atoms with Gasteiger partial charge in [0.1, 0.15) is 17.9 Å². The lowest BCUT2D eigenvalue weighted by molar-refractivity contribution is -0.136. The molecule has 1 saturated carbocycles. The van der Waals surface area contributed by atoms with Gasteiger partial charge in [0.25, 0.3) is 5.91 Å². The summed E-state index contributed by atoms with van der Waals surface area (Å²) in [6.45, 7) is 3.39. The number of hydrogen-bond donors (Lipinski definition) is 2. The van der Waals surface area contributed by atoms with Gasteiger partial charge in [0, 0.05) is 24.6 Å². The van der Waals surface area contributed by atoms with Crippen molar-refractivity contribution in [1.82, 2.24) is 15.5 Å². The van der Waals surface area contributed by atoms with E-state index in [0.717, 1.165) is 37.1 Å². The largest absolute Gasteiger partial charge is 0.489 e. The number of nitrogens with zero attached hydrogens (tertiary/aromatic N) is 1. The minimum atomic E-state index is -0.583. The Morgan fingerprint density at radius 3 is 2.85 bits per heavy atom. The summed E-state index contributed by atoms with van der Waals surface area (Å²) < 4.78 is 6.20. The second-order valence-electron chi connectivity index (χ2n) is 7.47. The SMILES string of the molecule is CCN[C@H]1CCC[C@H]1Oc1ccc2c(c1)CN(C1CCC(=O)NC1=O)C2=O. The van der Waals surface area contributed by atoms with Gasteiger partial charge in [-0.1, -0.05) is 6.92 Å². The quantitative estimate of drug-likeness (QED) is 0.763. The molecule has 1 unspecified atom stereocenters. The Hall–Kier alpha value is -2.41. The number of amides is 3. The van der Waals surface area contributed by atoms with Gasteiger partial charge >= 0.3 is 0 Å². The van der Waals surface area contributed by atoms with Crippen molar-refractivity contribution in [3.63, 3.8) is 0 Å². The summed E-state index contributed by atoms with van der Waals surface area (Å²) in [5.41, 5.74) is 1.49. The van der Waals surface area contributed by atoms with E-state index in [-0.39, 0.29) is 30.2 Å². The van der Waals surface area contributed by atoms with E-state index in [0.29, 0.717) is 24.6 Å². The number of hydrogen-bond acceptors (Lipinski definition) is 5. The summed E-state index contributed by atoms with van der Waals surface area (Å²) in [5.74, 6) is -0.0508. The van der Waals surface area contributed by atoms with Crippen molar-refractivity contribution >= 4 is 17.7 Å². The van der Waals surface area contributed by atoms with Crippen molar-refractivity contribution in [2.75, 3.05) is 6.54 Å². The highest BCUT2D eigenvalue weighted by Crippen LogP contribution is 2.32. The molecule has 27 heavy (non-hydrogen) atoms. The van der Waals surface area contributed by atoms with E-state index in [1.165, 1.54) is 0 Å². The zero-order valence-electron chi connectivity index (χ0n) is 15.5. The second-order valence-corrected chi connectivity index (χ2v) is 7.47. The molecular formula is C20H25N3O4. The van der Waals surface area contributed by atoms with Crippen LogP contribution in [0.5, 0.6) is 5.75 Å². The van der Waals surface area contributed by atoms with E-state index in [1.807, 2.05) is 12.1 Å². The van der Waals surface area contributed by atoms with Crippen LogP contribution in [0.25, 0.3) is 0 Å². The highest BCUT2D eigenvalue weighted by molar-refractivity contribution is 6.05. The van der Waals surface area contributed by atoms with Crippen molar-refractivity contribution < 1.29 is 19.1 Å². The zero-order chi connectivity index (χ0) is 19.0. The number of fused-ring (bicyclic) bond motifs is 1. The first kappa shape index (κ1) is 18.0. The number of imide groups is 1. The van der Waals surface area contributed by atoms with Crippen LogP contribution in [-0.4, -0.2) is 47.4 Å². The molecule has 3 aliphatic rings. The molecule has 1 saturated heterocycles. The number of ether oxygens (including phenoxy) is 1. The molecule has 0 radical (unpaired) electrons. The van der Waals surface area contributed by atoms with Crippen molar-refractivity contribution in [1.29, 1.82) is 0 Å². The minimum absolute atomic E-state index is 0.145. The maximum absolute atomic E-state index is 12.7. The van der Waals surface area contributed by atoms with Gasteiger partial charge in [-0.05, 0) is 56.0 Å². The number of piperidine rings is 1. The Bertz CT molecular complexity index is 778. The summed E-state index contributed by atoms with van der Waals surface area (Å²) in [6, 6.07) is 5.33. The lowest BCUT2D eigenvalue weighted by atomic mass is 10.0. The van der Waals surface area contributed by atoms with Crippen molar-refractivity contribution in [3.8, 4) is 5.75 Å². The van der Waals surface area contributed by atoms with Gasteiger partial charge in [-0.25, -0.2) is 0 Å². The number of carbonyl (C=O) groups excluding carboxylic acids is 3. The third kappa shape index (κ3) is 3.43. The molecule has 1 aromatic carbocycles. The summed E-state index contributed by atoms with van der Waals surface area (Å²) in [5, 5.41) is 5.80. The summed E-state index contributed by atoms with van der Waals surface area (Å²) in [7, 11) is 0. The van der Waals surface area contributed by atoms with E-state index in [4.69, 9.17) is 4.74 Å². The van der Waals surface area contributed by atoms with Crippen molar-refractivity contribution in [2.24, 2.45) is 0 Å². The van der Waals surface area contributed by atoms with Crippen LogP contribution in [0.2, 0.25) is 0 Å². The van der Waals surface area contributed by atoms with Crippen LogP contribution in [0.15, 0.2) is 18.2 Å². The van der Waals surface area contributed by atoms with Gasteiger partial charge in [0.05, 0.1) is 0 Å².